The fourth-order valence-corrected chi connectivity index (χ4v) is 3.38. The van der Waals surface area contributed by atoms with Crippen LogP contribution in [0.5, 0.6) is 0 Å². The lowest BCUT2D eigenvalue weighted by Gasteiger charge is -2.19. The van der Waals surface area contributed by atoms with Crippen LogP contribution in [0.25, 0.3) is 10.2 Å². The standard InChI is InChI=1S/C16H16F2N4O2S.ClH/c1-21(2)6-3-7-22(15(23)12-4-5-19-24-12)16-20-14-11(18)8-10(17)9-13(14)25-16;/h4-5,8-9H,3,6-7H2,1-2H3;1H. The van der Waals surface area contributed by atoms with E-state index in [1.54, 1.807) is 0 Å². The number of hydrogen-bond acceptors (Lipinski definition) is 6. The summed E-state index contributed by atoms with van der Waals surface area (Å²) in [7, 11) is 3.86. The van der Waals surface area contributed by atoms with E-state index in [0.717, 1.165) is 23.9 Å². The molecule has 0 saturated carbocycles. The van der Waals surface area contributed by atoms with Crippen LogP contribution in [0.2, 0.25) is 0 Å². The molecule has 0 spiro atoms. The first-order valence-electron chi connectivity index (χ1n) is 7.58. The molecule has 2 aromatic heterocycles. The molecule has 10 heteroatoms. The van der Waals surface area contributed by atoms with E-state index in [-0.39, 0.29) is 23.7 Å². The summed E-state index contributed by atoms with van der Waals surface area (Å²) in [6.07, 6.45) is 2.05. The summed E-state index contributed by atoms with van der Waals surface area (Å²) in [6, 6.07) is 3.44. The Hall–Kier alpha value is -2.10. The van der Waals surface area contributed by atoms with Gasteiger partial charge in [0.1, 0.15) is 11.3 Å². The van der Waals surface area contributed by atoms with E-state index < -0.39 is 17.5 Å². The molecule has 2 heterocycles. The van der Waals surface area contributed by atoms with E-state index in [2.05, 4.69) is 10.1 Å². The maximum Gasteiger partial charge on any atom is 0.298 e. The zero-order valence-electron chi connectivity index (χ0n) is 14.1. The first-order valence-corrected chi connectivity index (χ1v) is 8.40. The van der Waals surface area contributed by atoms with Gasteiger partial charge in [-0.15, -0.1) is 12.4 Å². The van der Waals surface area contributed by atoms with Gasteiger partial charge in [0.25, 0.3) is 5.91 Å². The van der Waals surface area contributed by atoms with Crippen molar-refractivity contribution >= 4 is 45.0 Å². The normalized spacial score (nSPS) is 11.0. The van der Waals surface area contributed by atoms with Crippen LogP contribution < -0.4 is 4.90 Å². The van der Waals surface area contributed by atoms with Gasteiger partial charge in [0.2, 0.25) is 5.76 Å². The topological polar surface area (TPSA) is 62.5 Å². The Morgan fingerprint density at radius 1 is 1.27 bits per heavy atom. The highest BCUT2D eigenvalue weighted by molar-refractivity contribution is 7.22. The summed E-state index contributed by atoms with van der Waals surface area (Å²) in [5, 5.41) is 3.83. The van der Waals surface area contributed by atoms with Crippen LogP contribution in [0, 0.1) is 11.6 Å². The maximum atomic E-state index is 13.9. The first kappa shape index (κ1) is 20.2. The van der Waals surface area contributed by atoms with E-state index in [9.17, 15) is 13.6 Å². The van der Waals surface area contributed by atoms with E-state index in [1.165, 1.54) is 23.2 Å². The summed E-state index contributed by atoms with van der Waals surface area (Å²) in [5.41, 5.74) is 0.0457. The molecule has 3 aromatic rings. The third kappa shape index (κ3) is 4.35. The van der Waals surface area contributed by atoms with Crippen molar-refractivity contribution in [1.29, 1.82) is 0 Å². The lowest BCUT2D eigenvalue weighted by molar-refractivity contribution is 0.0950. The van der Waals surface area contributed by atoms with Crippen molar-refractivity contribution in [2.24, 2.45) is 0 Å². The van der Waals surface area contributed by atoms with Crippen molar-refractivity contribution in [2.75, 3.05) is 32.1 Å². The van der Waals surface area contributed by atoms with Crippen LogP contribution in [0.4, 0.5) is 13.9 Å². The van der Waals surface area contributed by atoms with Gasteiger partial charge in [0.15, 0.2) is 10.9 Å². The molecule has 0 atom stereocenters. The third-order valence-corrected chi connectivity index (χ3v) is 4.54. The summed E-state index contributed by atoms with van der Waals surface area (Å²) in [5.74, 6) is -1.79. The molecule has 0 radical (unpaired) electrons. The average molecular weight is 403 g/mol. The number of nitrogens with zero attached hydrogens (tertiary/aromatic N) is 4. The molecule has 6 nitrogen and oxygen atoms in total. The number of benzene rings is 1. The van der Waals surface area contributed by atoms with E-state index in [0.29, 0.717) is 22.8 Å². The minimum Gasteiger partial charge on any atom is -0.351 e. The number of anilines is 1. The molecular formula is C16H17ClF2N4O2S. The van der Waals surface area contributed by atoms with Crippen molar-refractivity contribution in [2.45, 2.75) is 6.42 Å². The maximum absolute atomic E-state index is 13.9. The number of amides is 1. The molecule has 0 N–H and O–H groups in total. The Morgan fingerprint density at radius 3 is 2.69 bits per heavy atom. The van der Waals surface area contributed by atoms with Crippen molar-refractivity contribution < 1.29 is 18.1 Å². The van der Waals surface area contributed by atoms with Crippen LogP contribution in [-0.4, -0.2) is 48.1 Å². The predicted molar refractivity (Wildman–Crippen MR) is 98.1 cm³/mol. The zero-order valence-corrected chi connectivity index (χ0v) is 15.7. The Bertz CT molecular complexity index is 886. The number of fused-ring (bicyclic) bond motifs is 1. The van der Waals surface area contributed by atoms with E-state index >= 15 is 0 Å². The lowest BCUT2D eigenvalue weighted by atomic mass is 10.3. The van der Waals surface area contributed by atoms with Gasteiger partial charge in [-0.25, -0.2) is 13.8 Å². The molecule has 0 aliphatic carbocycles. The van der Waals surface area contributed by atoms with Gasteiger partial charge in [-0.3, -0.25) is 9.69 Å². The first-order chi connectivity index (χ1) is 12.0. The minimum absolute atomic E-state index is 0. The number of rotatable bonds is 6. The summed E-state index contributed by atoms with van der Waals surface area (Å²) < 4.78 is 32.6. The smallest absolute Gasteiger partial charge is 0.298 e. The molecule has 0 aliphatic heterocycles. The fourth-order valence-electron chi connectivity index (χ4n) is 2.35. The van der Waals surface area contributed by atoms with Crippen LogP contribution in [0.15, 0.2) is 28.9 Å². The van der Waals surface area contributed by atoms with Gasteiger partial charge in [-0.2, -0.15) is 0 Å². The number of aromatic nitrogens is 2. The highest BCUT2D eigenvalue weighted by Crippen LogP contribution is 2.32. The van der Waals surface area contributed by atoms with Crippen LogP contribution in [0.3, 0.4) is 0 Å². The molecule has 3 rings (SSSR count). The van der Waals surface area contributed by atoms with Crippen molar-refractivity contribution in [1.82, 2.24) is 15.0 Å². The van der Waals surface area contributed by atoms with Gasteiger partial charge in [-0.05, 0) is 33.1 Å². The van der Waals surface area contributed by atoms with Crippen molar-refractivity contribution in [3.8, 4) is 0 Å². The van der Waals surface area contributed by atoms with Crippen LogP contribution >= 0.6 is 23.7 Å². The van der Waals surface area contributed by atoms with Crippen molar-refractivity contribution in [3.63, 3.8) is 0 Å². The molecule has 1 aromatic carbocycles. The van der Waals surface area contributed by atoms with Crippen LogP contribution in [0.1, 0.15) is 17.0 Å². The molecule has 0 unspecified atom stereocenters. The second kappa shape index (κ2) is 8.52. The highest BCUT2D eigenvalue weighted by atomic mass is 35.5. The fraction of sp³-hybridized carbons (Fsp3) is 0.312. The Labute approximate surface area is 158 Å². The lowest BCUT2D eigenvalue weighted by Crippen LogP contribution is -2.33. The number of hydrogen-bond donors (Lipinski definition) is 0. The SMILES string of the molecule is CN(C)CCCN(C(=O)c1ccno1)c1nc2c(F)cc(F)cc2s1.Cl. The van der Waals surface area contributed by atoms with E-state index in [4.69, 9.17) is 4.52 Å². The predicted octanol–water partition coefficient (Wildman–Crippen LogP) is 3.58. The third-order valence-electron chi connectivity index (χ3n) is 3.51. The number of carbonyl (C=O) groups is 1. The van der Waals surface area contributed by atoms with E-state index in [1.807, 2.05) is 19.0 Å². The number of carbonyl (C=O) groups excluding carboxylic acids is 1. The summed E-state index contributed by atoms with van der Waals surface area (Å²) in [6.45, 7) is 1.12. The van der Waals surface area contributed by atoms with Gasteiger partial charge in [0, 0.05) is 18.7 Å². The molecule has 0 bridgehead atoms. The monoisotopic (exact) mass is 402 g/mol. The average Bonchev–Trinajstić information content (AvgIpc) is 3.20. The van der Waals surface area contributed by atoms with Gasteiger partial charge in [0.05, 0.1) is 10.9 Å². The molecule has 0 fully saturated rings. The molecule has 140 valence electrons. The van der Waals surface area contributed by atoms with Gasteiger partial charge >= 0.3 is 0 Å². The molecule has 0 saturated heterocycles. The Balaban J connectivity index is 0.00000243. The summed E-state index contributed by atoms with van der Waals surface area (Å²) in [4.78, 5) is 20.3. The highest BCUT2D eigenvalue weighted by Gasteiger charge is 2.24. The number of halogens is 3. The molecule has 26 heavy (non-hydrogen) atoms. The minimum atomic E-state index is -0.752. The quantitative estimate of drug-likeness (QED) is 0.630. The second-order valence-corrected chi connectivity index (χ2v) is 6.73. The zero-order chi connectivity index (χ0) is 18.0. The Kier molecular flexibility index (Phi) is 6.63. The van der Waals surface area contributed by atoms with Gasteiger partial charge < -0.3 is 9.42 Å². The molecular weight excluding hydrogens is 386 g/mol. The van der Waals surface area contributed by atoms with Crippen LogP contribution in [-0.2, 0) is 0 Å². The molecule has 1 amide bonds. The number of thiazole rings is 1. The Morgan fingerprint density at radius 2 is 2.04 bits per heavy atom. The molecule has 0 aliphatic rings. The van der Waals surface area contributed by atoms with Gasteiger partial charge in [-0.1, -0.05) is 16.5 Å². The second-order valence-electron chi connectivity index (χ2n) is 5.72. The summed E-state index contributed by atoms with van der Waals surface area (Å²) >= 11 is 1.06. The largest absolute Gasteiger partial charge is 0.351 e. The van der Waals surface area contributed by atoms with Crippen molar-refractivity contribution in [3.05, 3.63) is 41.8 Å².